The standard InChI is InChI=1S/C10H8N2O3/c13-7-2-3-9(8(6-7)10(14)15)12-5-1-4-11-12/h1-6,13H,(H,14,15). The summed E-state index contributed by atoms with van der Waals surface area (Å²) >= 11 is 0. The number of carboxylic acids is 1. The van der Waals surface area contributed by atoms with Gasteiger partial charge in [0.05, 0.1) is 11.3 Å². The summed E-state index contributed by atoms with van der Waals surface area (Å²) in [6.07, 6.45) is 3.19. The van der Waals surface area contributed by atoms with Crippen molar-refractivity contribution in [3.05, 3.63) is 42.2 Å². The van der Waals surface area contributed by atoms with Crippen LogP contribution in [0.4, 0.5) is 0 Å². The number of aromatic nitrogens is 2. The molecule has 0 aliphatic heterocycles. The van der Waals surface area contributed by atoms with Crippen molar-refractivity contribution in [3.63, 3.8) is 0 Å². The van der Waals surface area contributed by atoms with E-state index in [1.807, 2.05) is 0 Å². The van der Waals surface area contributed by atoms with Crippen molar-refractivity contribution in [2.75, 3.05) is 0 Å². The summed E-state index contributed by atoms with van der Waals surface area (Å²) in [5.41, 5.74) is 0.434. The molecule has 2 N–H and O–H groups in total. The molecule has 0 atom stereocenters. The SMILES string of the molecule is O=C(O)c1cc(O)ccc1-n1cccn1. The van der Waals surface area contributed by atoms with Crippen LogP contribution in [0.2, 0.25) is 0 Å². The zero-order valence-corrected chi connectivity index (χ0v) is 7.66. The van der Waals surface area contributed by atoms with Crippen molar-refractivity contribution in [3.8, 4) is 11.4 Å². The van der Waals surface area contributed by atoms with Gasteiger partial charge in [0, 0.05) is 12.4 Å². The van der Waals surface area contributed by atoms with Gasteiger partial charge in [-0.2, -0.15) is 5.10 Å². The third kappa shape index (κ3) is 1.67. The molecule has 0 aliphatic rings. The first-order chi connectivity index (χ1) is 7.18. The highest BCUT2D eigenvalue weighted by atomic mass is 16.4. The minimum atomic E-state index is -1.10. The molecule has 2 aromatic rings. The number of hydrogen-bond donors (Lipinski definition) is 2. The Hall–Kier alpha value is -2.30. The van der Waals surface area contributed by atoms with E-state index in [0.29, 0.717) is 5.69 Å². The van der Waals surface area contributed by atoms with Gasteiger partial charge in [-0.15, -0.1) is 0 Å². The van der Waals surface area contributed by atoms with Crippen LogP contribution in [0, 0.1) is 0 Å². The molecule has 0 saturated carbocycles. The lowest BCUT2D eigenvalue weighted by molar-refractivity contribution is 0.0696. The molecule has 0 amide bonds. The normalized spacial score (nSPS) is 10.1. The second kappa shape index (κ2) is 3.45. The number of phenols is 1. The van der Waals surface area contributed by atoms with E-state index in [4.69, 9.17) is 5.11 Å². The fraction of sp³-hybridized carbons (Fsp3) is 0. The Labute approximate surface area is 85.2 Å². The highest BCUT2D eigenvalue weighted by Crippen LogP contribution is 2.19. The van der Waals surface area contributed by atoms with Crippen molar-refractivity contribution >= 4 is 5.97 Å². The third-order valence-electron chi connectivity index (χ3n) is 1.96. The van der Waals surface area contributed by atoms with Gasteiger partial charge >= 0.3 is 5.97 Å². The van der Waals surface area contributed by atoms with Gasteiger partial charge in [0.1, 0.15) is 5.75 Å². The monoisotopic (exact) mass is 204 g/mol. The number of aromatic hydroxyl groups is 1. The highest BCUT2D eigenvalue weighted by Gasteiger charge is 2.12. The smallest absolute Gasteiger partial charge is 0.338 e. The molecule has 1 aromatic heterocycles. The number of benzene rings is 1. The largest absolute Gasteiger partial charge is 0.508 e. The average molecular weight is 204 g/mol. The van der Waals surface area contributed by atoms with Crippen LogP contribution in [0.3, 0.4) is 0 Å². The van der Waals surface area contributed by atoms with Crippen molar-refractivity contribution in [1.82, 2.24) is 9.78 Å². The summed E-state index contributed by atoms with van der Waals surface area (Å²) in [6, 6.07) is 5.81. The predicted molar refractivity (Wildman–Crippen MR) is 52.2 cm³/mol. The molecule has 76 valence electrons. The second-order valence-electron chi connectivity index (χ2n) is 2.96. The van der Waals surface area contributed by atoms with Gasteiger partial charge in [0.2, 0.25) is 0 Å². The molecular weight excluding hydrogens is 196 g/mol. The van der Waals surface area contributed by atoms with Crippen LogP contribution in [0.5, 0.6) is 5.75 Å². The van der Waals surface area contributed by atoms with Gasteiger partial charge in [-0.1, -0.05) is 0 Å². The summed E-state index contributed by atoms with van der Waals surface area (Å²) in [5.74, 6) is -1.18. The molecular formula is C10H8N2O3. The Bertz CT molecular complexity index is 491. The zero-order chi connectivity index (χ0) is 10.8. The molecule has 1 heterocycles. The van der Waals surface area contributed by atoms with Gasteiger partial charge in [-0.05, 0) is 24.3 Å². The van der Waals surface area contributed by atoms with Crippen LogP contribution in [0.1, 0.15) is 10.4 Å². The van der Waals surface area contributed by atoms with Crippen molar-refractivity contribution < 1.29 is 15.0 Å². The highest BCUT2D eigenvalue weighted by molar-refractivity contribution is 5.92. The summed E-state index contributed by atoms with van der Waals surface area (Å²) < 4.78 is 1.43. The molecule has 0 radical (unpaired) electrons. The molecule has 0 bridgehead atoms. The topological polar surface area (TPSA) is 75.3 Å². The molecule has 0 fully saturated rings. The lowest BCUT2D eigenvalue weighted by Crippen LogP contribution is -2.05. The minimum absolute atomic E-state index is 0.0127. The molecule has 1 aromatic carbocycles. The zero-order valence-electron chi connectivity index (χ0n) is 7.66. The van der Waals surface area contributed by atoms with E-state index < -0.39 is 5.97 Å². The maximum absolute atomic E-state index is 10.9. The van der Waals surface area contributed by atoms with Gasteiger partial charge in [0.15, 0.2) is 0 Å². The van der Waals surface area contributed by atoms with Gasteiger partial charge in [0.25, 0.3) is 0 Å². The Morgan fingerprint density at radius 1 is 1.40 bits per heavy atom. The van der Waals surface area contributed by atoms with Crippen LogP contribution < -0.4 is 0 Å². The molecule has 15 heavy (non-hydrogen) atoms. The van der Waals surface area contributed by atoms with Gasteiger partial charge in [-0.25, -0.2) is 9.48 Å². The van der Waals surface area contributed by atoms with Crippen molar-refractivity contribution in [2.24, 2.45) is 0 Å². The van der Waals surface area contributed by atoms with Gasteiger partial charge in [-0.3, -0.25) is 0 Å². The van der Waals surface area contributed by atoms with Gasteiger partial charge < -0.3 is 10.2 Å². The van der Waals surface area contributed by atoms with E-state index in [1.165, 1.54) is 22.9 Å². The van der Waals surface area contributed by atoms with E-state index in [1.54, 1.807) is 18.5 Å². The first kappa shape index (κ1) is 9.26. The number of phenolic OH excluding ortho intramolecular Hbond substituents is 1. The minimum Gasteiger partial charge on any atom is -0.508 e. The summed E-state index contributed by atoms with van der Waals surface area (Å²) in [5, 5.41) is 22.1. The van der Waals surface area contributed by atoms with E-state index in [9.17, 15) is 9.90 Å². The Morgan fingerprint density at radius 2 is 2.20 bits per heavy atom. The Balaban J connectivity index is 2.61. The molecule has 5 heteroatoms. The van der Waals surface area contributed by atoms with Crippen molar-refractivity contribution in [2.45, 2.75) is 0 Å². The van der Waals surface area contributed by atoms with Crippen LogP contribution in [-0.4, -0.2) is 26.0 Å². The average Bonchev–Trinajstić information content (AvgIpc) is 2.70. The lowest BCUT2D eigenvalue weighted by atomic mass is 10.1. The number of hydrogen-bond acceptors (Lipinski definition) is 3. The molecule has 2 rings (SSSR count). The Kier molecular flexibility index (Phi) is 2.13. The number of carbonyl (C=O) groups is 1. The second-order valence-corrected chi connectivity index (χ2v) is 2.96. The number of carboxylic acid groups (broad SMARTS) is 1. The lowest BCUT2D eigenvalue weighted by Gasteiger charge is -2.05. The fourth-order valence-corrected chi connectivity index (χ4v) is 1.31. The van der Waals surface area contributed by atoms with Crippen LogP contribution >= 0.6 is 0 Å². The van der Waals surface area contributed by atoms with Crippen LogP contribution in [-0.2, 0) is 0 Å². The first-order valence-corrected chi connectivity index (χ1v) is 4.25. The number of aromatic carboxylic acids is 1. The maximum atomic E-state index is 10.9. The third-order valence-corrected chi connectivity index (χ3v) is 1.96. The maximum Gasteiger partial charge on any atom is 0.338 e. The Morgan fingerprint density at radius 3 is 2.80 bits per heavy atom. The molecule has 5 nitrogen and oxygen atoms in total. The van der Waals surface area contributed by atoms with E-state index in [-0.39, 0.29) is 11.3 Å². The number of rotatable bonds is 2. The van der Waals surface area contributed by atoms with Crippen molar-refractivity contribution in [1.29, 1.82) is 0 Å². The number of nitrogens with zero attached hydrogens (tertiary/aromatic N) is 2. The fourth-order valence-electron chi connectivity index (χ4n) is 1.31. The molecule has 0 aliphatic carbocycles. The summed E-state index contributed by atoms with van der Waals surface area (Å²) in [7, 11) is 0. The van der Waals surface area contributed by atoms with E-state index >= 15 is 0 Å². The molecule has 0 spiro atoms. The first-order valence-electron chi connectivity index (χ1n) is 4.25. The molecule has 0 saturated heterocycles. The van der Waals surface area contributed by atoms with E-state index in [0.717, 1.165) is 0 Å². The summed E-state index contributed by atoms with van der Waals surface area (Å²) in [6.45, 7) is 0. The predicted octanol–water partition coefficient (Wildman–Crippen LogP) is 1.28. The molecule has 0 unspecified atom stereocenters. The quantitative estimate of drug-likeness (QED) is 0.772. The van der Waals surface area contributed by atoms with E-state index in [2.05, 4.69) is 5.10 Å². The summed E-state index contributed by atoms with van der Waals surface area (Å²) in [4.78, 5) is 10.9. The van der Waals surface area contributed by atoms with Crippen LogP contribution in [0.25, 0.3) is 5.69 Å². The van der Waals surface area contributed by atoms with Crippen LogP contribution in [0.15, 0.2) is 36.7 Å².